The minimum absolute atomic E-state index is 0.0158. The molecule has 0 N–H and O–H groups in total. The van der Waals surface area contributed by atoms with Crippen molar-refractivity contribution in [2.24, 2.45) is 4.99 Å². The predicted molar refractivity (Wildman–Crippen MR) is 139 cm³/mol. The van der Waals surface area contributed by atoms with E-state index < -0.39 is 0 Å². The van der Waals surface area contributed by atoms with Gasteiger partial charge in [0.05, 0.1) is 18.6 Å². The number of hydrogen-bond acceptors (Lipinski definition) is 6. The third-order valence-electron chi connectivity index (χ3n) is 5.97. The zero-order valence-corrected chi connectivity index (χ0v) is 21.2. The van der Waals surface area contributed by atoms with E-state index >= 15 is 0 Å². The Morgan fingerprint density at radius 2 is 2.06 bits per heavy atom. The van der Waals surface area contributed by atoms with Gasteiger partial charge in [0.25, 0.3) is 5.91 Å². The molecule has 8 heteroatoms. The van der Waals surface area contributed by atoms with Crippen molar-refractivity contribution in [1.82, 2.24) is 9.88 Å². The van der Waals surface area contributed by atoms with Crippen LogP contribution in [0, 0.1) is 0 Å². The van der Waals surface area contributed by atoms with E-state index in [-0.39, 0.29) is 11.9 Å². The summed E-state index contributed by atoms with van der Waals surface area (Å²) in [7, 11) is 1.63. The molecule has 1 aromatic heterocycles. The number of aromatic nitrogens is 1. The predicted octanol–water partition coefficient (Wildman–Crippen LogP) is 6.86. The van der Waals surface area contributed by atoms with Crippen molar-refractivity contribution in [2.45, 2.75) is 57.9 Å². The number of rotatable bonds is 8. The molecule has 1 aliphatic heterocycles. The van der Waals surface area contributed by atoms with Crippen molar-refractivity contribution in [3.63, 3.8) is 0 Å². The van der Waals surface area contributed by atoms with Crippen molar-refractivity contribution in [3.8, 4) is 11.5 Å². The normalized spacial score (nSPS) is 19.3. The summed E-state index contributed by atoms with van der Waals surface area (Å²) in [5.41, 5.74) is 1.44. The van der Waals surface area contributed by atoms with Gasteiger partial charge in [-0.3, -0.25) is 9.69 Å². The van der Waals surface area contributed by atoms with Gasteiger partial charge in [-0.15, -0.1) is 0 Å². The summed E-state index contributed by atoms with van der Waals surface area (Å²) in [5, 5.41) is 0.983. The molecule has 0 radical (unpaired) electrons. The topological polar surface area (TPSA) is 64.0 Å². The van der Waals surface area contributed by atoms with Crippen molar-refractivity contribution < 1.29 is 14.3 Å². The second kappa shape index (κ2) is 11.8. The van der Waals surface area contributed by atoms with Gasteiger partial charge >= 0.3 is 0 Å². The molecule has 2 aromatic rings. The summed E-state index contributed by atoms with van der Waals surface area (Å²) in [5.74, 6) is 1.35. The molecule has 1 aliphatic carbocycles. The summed E-state index contributed by atoms with van der Waals surface area (Å²) in [4.78, 5) is 24.9. The fourth-order valence-electron chi connectivity index (χ4n) is 4.16. The van der Waals surface area contributed by atoms with Gasteiger partial charge in [0, 0.05) is 12.2 Å². The summed E-state index contributed by atoms with van der Waals surface area (Å²) in [6.07, 6.45) is 11.0. The first-order valence-corrected chi connectivity index (χ1v) is 13.0. The molecule has 1 saturated heterocycles. The molecule has 0 atom stereocenters. The van der Waals surface area contributed by atoms with Crippen molar-refractivity contribution in [3.05, 3.63) is 52.2 Å². The van der Waals surface area contributed by atoms with Gasteiger partial charge in [-0.05, 0) is 66.9 Å². The first kappa shape index (κ1) is 24.6. The van der Waals surface area contributed by atoms with Crippen LogP contribution in [0.4, 0.5) is 5.69 Å². The maximum Gasteiger partial charge on any atom is 0.267 e. The Balaban J connectivity index is 1.64. The van der Waals surface area contributed by atoms with Crippen LogP contribution in [0.25, 0.3) is 6.08 Å². The van der Waals surface area contributed by atoms with E-state index in [1.807, 2.05) is 35.2 Å². The average molecular weight is 500 g/mol. The summed E-state index contributed by atoms with van der Waals surface area (Å²) >= 11 is 7.64. The van der Waals surface area contributed by atoms with Gasteiger partial charge in [0.1, 0.15) is 5.69 Å². The molecule has 1 saturated carbocycles. The highest BCUT2D eigenvalue weighted by atomic mass is 35.5. The number of halogens is 1. The van der Waals surface area contributed by atoms with Gasteiger partial charge in [-0.1, -0.05) is 50.3 Å². The van der Waals surface area contributed by atoms with E-state index in [0.717, 1.165) is 44.1 Å². The van der Waals surface area contributed by atoms with Crippen molar-refractivity contribution in [2.75, 3.05) is 13.7 Å². The number of aliphatic imine (C=N–C) groups is 1. The minimum Gasteiger partial charge on any atom is -0.493 e. The lowest BCUT2D eigenvalue weighted by molar-refractivity contribution is -0.124. The average Bonchev–Trinajstić information content (AvgIpc) is 3.16. The maximum absolute atomic E-state index is 13.5. The second-order valence-corrected chi connectivity index (χ2v) is 9.76. The maximum atomic E-state index is 13.5. The molecule has 0 spiro atoms. The van der Waals surface area contributed by atoms with Crippen LogP contribution in [0.2, 0.25) is 5.15 Å². The van der Waals surface area contributed by atoms with Crippen LogP contribution in [0.15, 0.2) is 46.4 Å². The lowest BCUT2D eigenvalue weighted by Crippen LogP contribution is -2.40. The number of amides is 1. The van der Waals surface area contributed by atoms with E-state index in [1.54, 1.807) is 19.4 Å². The smallest absolute Gasteiger partial charge is 0.267 e. The molecule has 1 aromatic carbocycles. The van der Waals surface area contributed by atoms with Crippen LogP contribution in [0.5, 0.6) is 11.5 Å². The van der Waals surface area contributed by atoms with Crippen LogP contribution < -0.4 is 9.47 Å². The zero-order valence-electron chi connectivity index (χ0n) is 19.6. The van der Waals surface area contributed by atoms with Crippen molar-refractivity contribution in [1.29, 1.82) is 0 Å². The van der Waals surface area contributed by atoms with Crippen LogP contribution in [-0.2, 0) is 4.79 Å². The monoisotopic (exact) mass is 499 g/mol. The van der Waals surface area contributed by atoms with Gasteiger partial charge in [-0.2, -0.15) is 0 Å². The van der Waals surface area contributed by atoms with Crippen LogP contribution in [0.3, 0.4) is 0 Å². The Morgan fingerprint density at radius 3 is 2.79 bits per heavy atom. The number of carbonyl (C=O) groups is 1. The summed E-state index contributed by atoms with van der Waals surface area (Å²) in [6, 6.07) is 9.51. The minimum atomic E-state index is -0.0158. The largest absolute Gasteiger partial charge is 0.493 e. The van der Waals surface area contributed by atoms with Gasteiger partial charge in [0.2, 0.25) is 0 Å². The van der Waals surface area contributed by atoms with E-state index in [9.17, 15) is 4.79 Å². The van der Waals surface area contributed by atoms with Crippen LogP contribution in [-0.4, -0.2) is 40.7 Å². The molecule has 0 unspecified atom stereocenters. The summed E-state index contributed by atoms with van der Waals surface area (Å²) in [6.45, 7) is 2.78. The van der Waals surface area contributed by atoms with Gasteiger partial charge in [-0.25, -0.2) is 9.98 Å². The van der Waals surface area contributed by atoms with E-state index in [4.69, 9.17) is 26.1 Å². The Labute approximate surface area is 210 Å². The van der Waals surface area contributed by atoms with E-state index in [1.165, 1.54) is 18.2 Å². The molecule has 34 heavy (non-hydrogen) atoms. The fraction of sp³-hybridized carbons (Fsp3) is 0.423. The molecule has 2 heterocycles. The molecule has 0 bridgehead atoms. The highest BCUT2D eigenvalue weighted by Crippen LogP contribution is 2.40. The second-order valence-electron chi connectivity index (χ2n) is 8.40. The Morgan fingerprint density at radius 1 is 1.24 bits per heavy atom. The standard InChI is InChI=1S/C26H30ClN3O3S/c1-3-4-15-33-21-13-12-18(16-22(21)32-2)17-23-25(31)30(19-9-6-5-7-10-19)26(34-23)29-20-11-8-14-28-24(20)27/h8,11-14,16-17,19H,3-7,9-10,15H2,1-2H3/b23-17-,29-26?. The number of amidine groups is 1. The lowest BCUT2D eigenvalue weighted by atomic mass is 9.94. The molecule has 2 fully saturated rings. The Hall–Kier alpha value is -2.51. The number of unbranched alkanes of at least 4 members (excludes halogenated alkanes) is 1. The fourth-order valence-corrected chi connectivity index (χ4v) is 5.37. The first-order chi connectivity index (χ1) is 16.6. The number of nitrogens with zero attached hydrogens (tertiary/aromatic N) is 3. The van der Waals surface area contributed by atoms with E-state index in [2.05, 4.69) is 11.9 Å². The molecule has 1 amide bonds. The third-order valence-corrected chi connectivity index (χ3v) is 7.25. The van der Waals surface area contributed by atoms with Crippen molar-refractivity contribution >= 4 is 46.2 Å². The number of thioether (sulfide) groups is 1. The Kier molecular flexibility index (Phi) is 8.51. The zero-order chi connectivity index (χ0) is 23.9. The van der Waals surface area contributed by atoms with E-state index in [0.29, 0.717) is 39.0 Å². The lowest BCUT2D eigenvalue weighted by Gasteiger charge is -2.30. The highest BCUT2D eigenvalue weighted by Gasteiger charge is 2.38. The summed E-state index contributed by atoms with van der Waals surface area (Å²) < 4.78 is 11.4. The number of pyridine rings is 1. The molecular formula is C26H30ClN3O3S. The quantitative estimate of drug-likeness (QED) is 0.225. The highest BCUT2D eigenvalue weighted by molar-refractivity contribution is 8.18. The number of ether oxygens (including phenoxy) is 2. The number of carbonyl (C=O) groups excluding carboxylic acids is 1. The third kappa shape index (κ3) is 5.76. The number of methoxy groups -OCH3 is 1. The Bertz CT molecular complexity index is 1080. The van der Waals surface area contributed by atoms with Crippen LogP contribution in [0.1, 0.15) is 57.4 Å². The first-order valence-electron chi connectivity index (χ1n) is 11.8. The SMILES string of the molecule is CCCCOc1ccc(/C=C2\SC(=Nc3cccnc3Cl)N(C3CCCCC3)C2=O)cc1OC. The molecule has 2 aliphatic rings. The van der Waals surface area contributed by atoms with Gasteiger partial charge < -0.3 is 9.47 Å². The van der Waals surface area contributed by atoms with Crippen LogP contribution >= 0.6 is 23.4 Å². The van der Waals surface area contributed by atoms with Gasteiger partial charge in [0.15, 0.2) is 21.8 Å². The number of hydrogen-bond donors (Lipinski definition) is 0. The molecule has 180 valence electrons. The molecule has 6 nitrogen and oxygen atoms in total. The molecular weight excluding hydrogens is 470 g/mol. The number of benzene rings is 1. The molecule has 4 rings (SSSR count).